The predicted octanol–water partition coefficient (Wildman–Crippen LogP) is 4.12. The average molecular weight is 452 g/mol. The van der Waals surface area contributed by atoms with Crippen LogP contribution in [-0.2, 0) is 10.0 Å². The predicted molar refractivity (Wildman–Crippen MR) is 129 cm³/mol. The Labute approximate surface area is 189 Å². The summed E-state index contributed by atoms with van der Waals surface area (Å²) in [6, 6.07) is 17.9. The number of amides is 1. The van der Waals surface area contributed by atoms with Crippen LogP contribution in [0.25, 0.3) is 10.8 Å². The van der Waals surface area contributed by atoms with Crippen molar-refractivity contribution >= 4 is 32.4 Å². The molecular formula is C25H29N3O3S. The lowest BCUT2D eigenvalue weighted by Gasteiger charge is -2.34. The monoisotopic (exact) mass is 451 g/mol. The van der Waals surface area contributed by atoms with Crippen molar-refractivity contribution in [1.82, 2.24) is 9.80 Å². The third-order valence-electron chi connectivity index (χ3n) is 5.96. The molecule has 3 aromatic rings. The van der Waals surface area contributed by atoms with Crippen molar-refractivity contribution in [2.45, 2.75) is 25.2 Å². The Morgan fingerprint density at radius 2 is 1.66 bits per heavy atom. The number of carbonyl (C=O) groups is 1. The van der Waals surface area contributed by atoms with Gasteiger partial charge in [0.15, 0.2) is 0 Å². The molecule has 6 nitrogen and oxygen atoms in total. The fourth-order valence-corrected chi connectivity index (χ4v) is 5.23. The lowest BCUT2D eigenvalue weighted by Crippen LogP contribution is -2.48. The summed E-state index contributed by atoms with van der Waals surface area (Å²) in [6.07, 6.45) is 1.10. The molecule has 32 heavy (non-hydrogen) atoms. The SMILES string of the molecule is CCCN1CCN(C(=O)c2ccc(C)c(NS(=O)(=O)c3ccc4ccccc4c3)c2)CC1. The molecule has 0 spiro atoms. The van der Waals surface area contributed by atoms with Crippen LogP contribution >= 0.6 is 0 Å². The Kier molecular flexibility index (Phi) is 6.48. The third kappa shape index (κ3) is 4.79. The summed E-state index contributed by atoms with van der Waals surface area (Å²) in [4.78, 5) is 17.4. The highest BCUT2D eigenvalue weighted by Crippen LogP contribution is 2.24. The molecule has 1 saturated heterocycles. The van der Waals surface area contributed by atoms with Gasteiger partial charge in [0.05, 0.1) is 10.6 Å². The maximum Gasteiger partial charge on any atom is 0.261 e. The number of benzene rings is 3. The lowest BCUT2D eigenvalue weighted by atomic mass is 10.1. The average Bonchev–Trinajstić information content (AvgIpc) is 2.80. The molecule has 0 bridgehead atoms. The van der Waals surface area contributed by atoms with Gasteiger partial charge in [0.2, 0.25) is 0 Å². The van der Waals surface area contributed by atoms with E-state index in [1.165, 1.54) is 0 Å². The zero-order chi connectivity index (χ0) is 22.7. The van der Waals surface area contributed by atoms with Crippen LogP contribution in [0.1, 0.15) is 29.3 Å². The van der Waals surface area contributed by atoms with E-state index in [1.807, 2.05) is 36.1 Å². The number of piperazine rings is 1. The van der Waals surface area contributed by atoms with Crippen LogP contribution in [0.2, 0.25) is 0 Å². The summed E-state index contributed by atoms with van der Waals surface area (Å²) in [5.74, 6) is -0.0627. The number of nitrogens with one attached hydrogen (secondary N) is 1. The van der Waals surface area contributed by atoms with Crippen LogP contribution < -0.4 is 4.72 Å². The maximum atomic E-state index is 13.1. The summed E-state index contributed by atoms with van der Waals surface area (Å²) in [7, 11) is -3.79. The molecule has 1 heterocycles. The van der Waals surface area contributed by atoms with Crippen LogP contribution in [0, 0.1) is 6.92 Å². The van der Waals surface area contributed by atoms with Crippen molar-refractivity contribution in [2.75, 3.05) is 37.4 Å². The minimum Gasteiger partial charge on any atom is -0.336 e. The van der Waals surface area contributed by atoms with Crippen molar-refractivity contribution in [2.24, 2.45) is 0 Å². The van der Waals surface area contributed by atoms with E-state index >= 15 is 0 Å². The molecule has 4 rings (SSSR count). The van der Waals surface area contributed by atoms with Crippen molar-refractivity contribution in [3.8, 4) is 0 Å². The second-order valence-electron chi connectivity index (χ2n) is 8.28. The number of hydrogen-bond acceptors (Lipinski definition) is 4. The summed E-state index contributed by atoms with van der Waals surface area (Å²) >= 11 is 0. The minimum atomic E-state index is -3.79. The molecule has 0 aromatic heterocycles. The number of fused-ring (bicyclic) bond motifs is 1. The molecule has 1 aliphatic heterocycles. The normalized spacial score (nSPS) is 15.1. The fraction of sp³-hybridized carbons (Fsp3) is 0.320. The first-order valence-corrected chi connectivity index (χ1v) is 12.5. The smallest absolute Gasteiger partial charge is 0.261 e. The highest BCUT2D eigenvalue weighted by atomic mass is 32.2. The van der Waals surface area contributed by atoms with Gasteiger partial charge >= 0.3 is 0 Å². The van der Waals surface area contributed by atoms with Crippen molar-refractivity contribution < 1.29 is 13.2 Å². The number of aryl methyl sites for hydroxylation is 1. The Balaban J connectivity index is 1.54. The maximum absolute atomic E-state index is 13.1. The second kappa shape index (κ2) is 9.30. The van der Waals surface area contributed by atoms with Gasteiger partial charge in [-0.05, 0) is 60.5 Å². The van der Waals surface area contributed by atoms with Crippen LogP contribution in [0.5, 0.6) is 0 Å². The molecule has 1 amide bonds. The molecule has 1 fully saturated rings. The van der Waals surface area contributed by atoms with Gasteiger partial charge in [0.1, 0.15) is 0 Å². The molecule has 0 radical (unpaired) electrons. The first-order valence-electron chi connectivity index (χ1n) is 11.0. The Bertz CT molecular complexity index is 1230. The molecule has 7 heteroatoms. The molecule has 0 aliphatic carbocycles. The largest absolute Gasteiger partial charge is 0.336 e. The third-order valence-corrected chi connectivity index (χ3v) is 7.32. The molecular weight excluding hydrogens is 422 g/mol. The molecule has 1 aliphatic rings. The first-order chi connectivity index (χ1) is 15.4. The molecule has 0 atom stereocenters. The molecule has 3 aromatic carbocycles. The van der Waals surface area contributed by atoms with Crippen molar-refractivity contribution in [3.05, 3.63) is 71.8 Å². The summed E-state index contributed by atoms with van der Waals surface area (Å²) in [5.41, 5.74) is 1.68. The van der Waals surface area contributed by atoms with E-state index < -0.39 is 10.0 Å². The van der Waals surface area contributed by atoms with Gasteiger partial charge in [-0.2, -0.15) is 0 Å². The Hall–Kier alpha value is -2.90. The molecule has 168 valence electrons. The van der Waals surface area contributed by atoms with Gasteiger partial charge < -0.3 is 4.90 Å². The lowest BCUT2D eigenvalue weighted by molar-refractivity contribution is 0.0637. The van der Waals surface area contributed by atoms with Gasteiger partial charge in [-0.15, -0.1) is 0 Å². The minimum absolute atomic E-state index is 0.0627. The molecule has 1 N–H and O–H groups in total. The molecule has 0 saturated carbocycles. The van der Waals surface area contributed by atoms with Crippen molar-refractivity contribution in [1.29, 1.82) is 0 Å². The summed E-state index contributed by atoms with van der Waals surface area (Å²) in [6.45, 7) is 8.14. The van der Waals surface area contributed by atoms with E-state index in [4.69, 9.17) is 0 Å². The van der Waals surface area contributed by atoms with Crippen LogP contribution in [0.15, 0.2) is 65.6 Å². The van der Waals surface area contributed by atoms with E-state index in [1.54, 1.807) is 36.4 Å². The number of carbonyl (C=O) groups excluding carboxylic acids is 1. The number of hydrogen-bond donors (Lipinski definition) is 1. The van der Waals surface area contributed by atoms with E-state index in [-0.39, 0.29) is 10.8 Å². The summed E-state index contributed by atoms with van der Waals surface area (Å²) < 4.78 is 28.8. The number of rotatable bonds is 6. The van der Waals surface area contributed by atoms with E-state index in [2.05, 4.69) is 16.5 Å². The van der Waals surface area contributed by atoms with Crippen LogP contribution in [-0.4, -0.2) is 56.8 Å². The Morgan fingerprint density at radius 1 is 0.938 bits per heavy atom. The summed E-state index contributed by atoms with van der Waals surface area (Å²) in [5, 5.41) is 1.84. The fourth-order valence-electron chi connectivity index (χ4n) is 4.08. The van der Waals surface area contributed by atoms with E-state index in [9.17, 15) is 13.2 Å². The van der Waals surface area contributed by atoms with Crippen LogP contribution in [0.3, 0.4) is 0 Å². The van der Waals surface area contributed by atoms with Gasteiger partial charge in [-0.3, -0.25) is 14.4 Å². The molecule has 0 unspecified atom stereocenters. The second-order valence-corrected chi connectivity index (χ2v) is 9.96. The zero-order valence-corrected chi connectivity index (χ0v) is 19.4. The highest BCUT2D eigenvalue weighted by molar-refractivity contribution is 7.92. The van der Waals surface area contributed by atoms with Gasteiger partial charge in [-0.1, -0.05) is 43.3 Å². The van der Waals surface area contributed by atoms with Gasteiger partial charge in [0.25, 0.3) is 15.9 Å². The zero-order valence-electron chi connectivity index (χ0n) is 18.5. The highest BCUT2D eigenvalue weighted by Gasteiger charge is 2.23. The van der Waals surface area contributed by atoms with Gasteiger partial charge in [0, 0.05) is 31.7 Å². The number of anilines is 1. The van der Waals surface area contributed by atoms with Gasteiger partial charge in [-0.25, -0.2) is 8.42 Å². The number of sulfonamides is 1. The van der Waals surface area contributed by atoms with Crippen molar-refractivity contribution in [3.63, 3.8) is 0 Å². The quantitative estimate of drug-likeness (QED) is 0.612. The van der Waals surface area contributed by atoms with E-state index in [0.717, 1.165) is 42.4 Å². The topological polar surface area (TPSA) is 69.7 Å². The van der Waals surface area contributed by atoms with E-state index in [0.29, 0.717) is 24.3 Å². The van der Waals surface area contributed by atoms with Crippen LogP contribution in [0.4, 0.5) is 5.69 Å². The Morgan fingerprint density at radius 3 is 2.38 bits per heavy atom. The number of nitrogens with zero attached hydrogens (tertiary/aromatic N) is 2. The standard InChI is InChI=1S/C25H29N3O3S/c1-3-12-27-13-15-28(16-14-27)25(29)22-9-8-19(2)24(18-22)26-32(30,31)23-11-10-20-6-4-5-7-21(20)17-23/h4-11,17-18,26H,3,12-16H2,1-2H3. The first kappa shape index (κ1) is 22.3.